The molecule has 4 N–H and O–H groups in total. The van der Waals surface area contributed by atoms with Crippen LogP contribution < -0.4 is 5.43 Å². The average molecular weight is 326 g/mol. The zero-order valence-electron chi connectivity index (χ0n) is 12.3. The van der Waals surface area contributed by atoms with Crippen molar-refractivity contribution in [2.45, 2.75) is 31.5 Å². The van der Waals surface area contributed by atoms with Gasteiger partial charge in [0.15, 0.2) is 11.8 Å². The van der Waals surface area contributed by atoms with Crippen molar-refractivity contribution in [2.75, 3.05) is 13.2 Å². The van der Waals surface area contributed by atoms with Gasteiger partial charge >= 0.3 is 11.9 Å². The number of aliphatic hydroxyl groups excluding tert-OH is 1. The number of nitrogens with zero attached hydrogens (tertiary/aromatic N) is 2. The van der Waals surface area contributed by atoms with Gasteiger partial charge in [-0.05, 0) is 19.4 Å². The first kappa shape index (κ1) is 17.0. The molecular formula is C14H18N2O7. The lowest BCUT2D eigenvalue weighted by Gasteiger charge is -2.25. The van der Waals surface area contributed by atoms with Gasteiger partial charge in [0, 0.05) is 18.3 Å². The van der Waals surface area contributed by atoms with E-state index in [2.05, 4.69) is 0 Å². The number of aromatic hydroxyl groups is 1. The van der Waals surface area contributed by atoms with Crippen LogP contribution in [-0.2, 0) is 16.1 Å². The highest BCUT2D eigenvalue weighted by Crippen LogP contribution is 2.22. The van der Waals surface area contributed by atoms with Gasteiger partial charge < -0.3 is 25.0 Å². The number of pyridine rings is 1. The number of hydrogen-bond acceptors (Lipinski definition) is 6. The van der Waals surface area contributed by atoms with E-state index in [1.807, 2.05) is 0 Å². The van der Waals surface area contributed by atoms with E-state index in [4.69, 9.17) is 5.11 Å². The lowest BCUT2D eigenvalue weighted by atomic mass is 10.2. The van der Waals surface area contributed by atoms with Crippen LogP contribution >= 0.6 is 0 Å². The van der Waals surface area contributed by atoms with Crippen LogP contribution in [0.2, 0.25) is 0 Å². The number of rotatable bonds is 6. The summed E-state index contributed by atoms with van der Waals surface area (Å²) in [4.78, 5) is 35.7. The monoisotopic (exact) mass is 326 g/mol. The number of hydrogen-bond donors (Lipinski definition) is 4. The minimum absolute atomic E-state index is 0.0380. The maximum absolute atomic E-state index is 11.7. The molecule has 126 valence electrons. The maximum Gasteiger partial charge on any atom is 0.329 e. The van der Waals surface area contributed by atoms with Crippen LogP contribution in [0.25, 0.3) is 0 Å². The van der Waals surface area contributed by atoms with Gasteiger partial charge in [-0.15, -0.1) is 0 Å². The molecule has 1 saturated heterocycles. The summed E-state index contributed by atoms with van der Waals surface area (Å²) in [7, 11) is 0. The van der Waals surface area contributed by atoms with E-state index in [-0.39, 0.29) is 12.2 Å². The standard InChI is InChI=1S/C14H18N2O7/c17-7-10(14(22)23)16-6-12(19)11(18)4-8(16)5-15-3-1-2-9(15)13(20)21/h4,6,9-10,17,19H,1-3,5,7H2,(H,20,21)(H,22,23). The quantitative estimate of drug-likeness (QED) is 0.534. The number of likely N-dealkylation sites (tertiary alicyclic amines) is 1. The third-order valence-corrected chi connectivity index (χ3v) is 3.95. The molecule has 2 heterocycles. The molecule has 1 aliphatic rings. The second-order valence-corrected chi connectivity index (χ2v) is 5.42. The molecule has 0 saturated carbocycles. The Morgan fingerprint density at radius 2 is 2.04 bits per heavy atom. The topological polar surface area (TPSA) is 140 Å². The van der Waals surface area contributed by atoms with Crippen LogP contribution in [0, 0.1) is 0 Å². The van der Waals surface area contributed by atoms with Crippen LogP contribution in [0.1, 0.15) is 24.6 Å². The van der Waals surface area contributed by atoms with Crippen LogP contribution in [0.5, 0.6) is 5.75 Å². The molecule has 0 aromatic carbocycles. The van der Waals surface area contributed by atoms with E-state index < -0.39 is 41.8 Å². The van der Waals surface area contributed by atoms with Gasteiger partial charge in [0.1, 0.15) is 6.04 Å². The van der Waals surface area contributed by atoms with E-state index in [0.29, 0.717) is 19.4 Å². The molecule has 2 unspecified atom stereocenters. The van der Waals surface area contributed by atoms with Gasteiger partial charge in [-0.3, -0.25) is 14.5 Å². The second kappa shape index (κ2) is 6.80. The third kappa shape index (κ3) is 3.51. The van der Waals surface area contributed by atoms with Crippen molar-refractivity contribution in [1.82, 2.24) is 9.47 Å². The maximum atomic E-state index is 11.7. The van der Waals surface area contributed by atoms with Gasteiger partial charge in [-0.25, -0.2) is 4.79 Å². The smallest absolute Gasteiger partial charge is 0.329 e. The van der Waals surface area contributed by atoms with Crippen molar-refractivity contribution in [3.63, 3.8) is 0 Å². The Kier molecular flexibility index (Phi) is 5.02. The molecule has 1 aromatic rings. The molecular weight excluding hydrogens is 308 g/mol. The van der Waals surface area contributed by atoms with Gasteiger partial charge in [0.25, 0.3) is 0 Å². The molecule has 2 rings (SSSR count). The fourth-order valence-corrected chi connectivity index (χ4v) is 2.78. The highest BCUT2D eigenvalue weighted by molar-refractivity contribution is 5.74. The summed E-state index contributed by atoms with van der Waals surface area (Å²) >= 11 is 0. The number of carbonyl (C=O) groups is 2. The summed E-state index contributed by atoms with van der Waals surface area (Å²) in [5.41, 5.74) is -0.466. The molecule has 1 fully saturated rings. The Morgan fingerprint density at radius 3 is 2.61 bits per heavy atom. The van der Waals surface area contributed by atoms with E-state index >= 15 is 0 Å². The fraction of sp³-hybridized carbons (Fsp3) is 0.500. The van der Waals surface area contributed by atoms with Crippen molar-refractivity contribution >= 4 is 11.9 Å². The number of aliphatic hydroxyl groups is 1. The van der Waals surface area contributed by atoms with Gasteiger partial charge in [-0.1, -0.05) is 0 Å². The number of carboxylic acids is 2. The van der Waals surface area contributed by atoms with Gasteiger partial charge in [-0.2, -0.15) is 0 Å². The van der Waals surface area contributed by atoms with E-state index in [0.717, 1.165) is 16.8 Å². The van der Waals surface area contributed by atoms with Crippen molar-refractivity contribution in [2.24, 2.45) is 0 Å². The van der Waals surface area contributed by atoms with E-state index in [1.54, 1.807) is 4.90 Å². The zero-order valence-corrected chi connectivity index (χ0v) is 12.3. The minimum atomic E-state index is -1.37. The molecule has 0 radical (unpaired) electrons. The molecule has 0 amide bonds. The molecule has 9 heteroatoms. The molecule has 9 nitrogen and oxygen atoms in total. The largest absolute Gasteiger partial charge is 0.503 e. The molecule has 1 aliphatic heterocycles. The lowest BCUT2D eigenvalue weighted by Crippen LogP contribution is -2.37. The zero-order chi connectivity index (χ0) is 17.1. The van der Waals surface area contributed by atoms with Crippen LogP contribution in [0.3, 0.4) is 0 Å². The highest BCUT2D eigenvalue weighted by atomic mass is 16.4. The Bertz CT molecular complexity index is 670. The van der Waals surface area contributed by atoms with Crippen molar-refractivity contribution in [1.29, 1.82) is 0 Å². The highest BCUT2D eigenvalue weighted by Gasteiger charge is 2.32. The molecule has 2 atom stereocenters. The van der Waals surface area contributed by atoms with Crippen LogP contribution in [0.15, 0.2) is 17.1 Å². The number of aliphatic carboxylic acids is 2. The number of aromatic nitrogens is 1. The predicted molar refractivity (Wildman–Crippen MR) is 77.2 cm³/mol. The fourth-order valence-electron chi connectivity index (χ4n) is 2.78. The van der Waals surface area contributed by atoms with Crippen molar-refractivity contribution < 1.29 is 30.0 Å². The van der Waals surface area contributed by atoms with Crippen molar-refractivity contribution in [3.8, 4) is 5.75 Å². The molecule has 0 spiro atoms. The summed E-state index contributed by atoms with van der Waals surface area (Å²) in [6.07, 6.45) is 2.11. The first-order chi connectivity index (χ1) is 10.8. The first-order valence-corrected chi connectivity index (χ1v) is 7.09. The third-order valence-electron chi connectivity index (χ3n) is 3.95. The van der Waals surface area contributed by atoms with Crippen LogP contribution in [0.4, 0.5) is 0 Å². The summed E-state index contributed by atoms with van der Waals surface area (Å²) in [6.45, 7) is -0.188. The average Bonchev–Trinajstić information content (AvgIpc) is 2.92. The Morgan fingerprint density at radius 1 is 1.35 bits per heavy atom. The summed E-state index contributed by atoms with van der Waals surface area (Å²) in [5, 5.41) is 37.2. The summed E-state index contributed by atoms with van der Waals surface area (Å²) < 4.78 is 1.09. The minimum Gasteiger partial charge on any atom is -0.503 e. The first-order valence-electron chi connectivity index (χ1n) is 7.09. The van der Waals surface area contributed by atoms with E-state index in [9.17, 15) is 29.7 Å². The Hall–Kier alpha value is -2.39. The lowest BCUT2D eigenvalue weighted by molar-refractivity contribution is -0.143. The van der Waals surface area contributed by atoms with Crippen molar-refractivity contribution in [3.05, 3.63) is 28.2 Å². The molecule has 23 heavy (non-hydrogen) atoms. The molecule has 0 aliphatic carbocycles. The molecule has 1 aromatic heterocycles. The second-order valence-electron chi connectivity index (χ2n) is 5.42. The summed E-state index contributed by atoms with van der Waals surface area (Å²) in [5.74, 6) is -2.94. The predicted octanol–water partition coefficient (Wildman–Crippen LogP) is -0.779. The van der Waals surface area contributed by atoms with Gasteiger partial charge in [0.2, 0.25) is 5.43 Å². The SMILES string of the molecule is O=C(O)C1CCCN1Cc1cc(=O)c(O)cn1C(CO)C(=O)O. The van der Waals surface area contributed by atoms with Crippen LogP contribution in [-0.4, -0.2) is 61.0 Å². The molecule has 0 bridgehead atoms. The Balaban J connectivity index is 2.40. The Labute approximate surface area is 131 Å². The van der Waals surface area contributed by atoms with E-state index in [1.165, 1.54) is 0 Å². The number of carboxylic acid groups (broad SMARTS) is 2. The normalized spacial score (nSPS) is 19.6. The van der Waals surface area contributed by atoms with Gasteiger partial charge in [0.05, 0.1) is 12.8 Å². The summed E-state index contributed by atoms with van der Waals surface area (Å²) in [6, 6.07) is -1.01.